The minimum atomic E-state index is -4.38. The molecule has 0 fully saturated rings. The van der Waals surface area contributed by atoms with E-state index in [1.807, 2.05) is 0 Å². The summed E-state index contributed by atoms with van der Waals surface area (Å²) in [5, 5.41) is 5.19. The number of aromatic nitrogens is 1. The number of amides is 2. The SMILES string of the molecule is O=C(Nc1cccc(NC(=O)c2cccnc2SCC(F)(F)F)c1)c1ccco1. The summed E-state index contributed by atoms with van der Waals surface area (Å²) in [7, 11) is 0. The molecule has 150 valence electrons. The number of furan rings is 1. The van der Waals surface area contributed by atoms with E-state index < -0.39 is 23.7 Å². The van der Waals surface area contributed by atoms with Gasteiger partial charge in [-0.05, 0) is 42.5 Å². The van der Waals surface area contributed by atoms with E-state index in [9.17, 15) is 22.8 Å². The minimum absolute atomic E-state index is 0.0202. The monoisotopic (exact) mass is 421 g/mol. The van der Waals surface area contributed by atoms with Crippen LogP contribution in [0.4, 0.5) is 24.5 Å². The van der Waals surface area contributed by atoms with Gasteiger partial charge in [0.25, 0.3) is 11.8 Å². The average molecular weight is 421 g/mol. The number of hydrogen-bond donors (Lipinski definition) is 2. The van der Waals surface area contributed by atoms with Gasteiger partial charge in [-0.15, -0.1) is 0 Å². The summed E-state index contributed by atoms with van der Waals surface area (Å²) in [6, 6.07) is 12.3. The Balaban J connectivity index is 1.71. The van der Waals surface area contributed by atoms with Crippen LogP contribution < -0.4 is 10.6 Å². The Labute approximate surface area is 167 Å². The second-order valence-electron chi connectivity index (χ2n) is 5.73. The third-order valence-electron chi connectivity index (χ3n) is 3.51. The van der Waals surface area contributed by atoms with Crippen molar-refractivity contribution in [1.29, 1.82) is 0 Å². The second kappa shape index (κ2) is 8.82. The summed E-state index contributed by atoms with van der Waals surface area (Å²) in [6.45, 7) is 0. The molecule has 0 aliphatic rings. The van der Waals surface area contributed by atoms with Gasteiger partial charge in [0, 0.05) is 17.6 Å². The number of hydrogen-bond acceptors (Lipinski definition) is 5. The Morgan fingerprint density at radius 2 is 1.72 bits per heavy atom. The van der Waals surface area contributed by atoms with Crippen molar-refractivity contribution in [2.24, 2.45) is 0 Å². The molecule has 6 nitrogen and oxygen atoms in total. The highest BCUT2D eigenvalue weighted by Crippen LogP contribution is 2.28. The standard InChI is InChI=1S/C19H14F3N3O3S/c20-19(21,22)11-29-18-14(6-2-8-23-18)16(26)24-12-4-1-5-13(10-12)25-17(27)15-7-3-9-28-15/h1-10H,11H2,(H,24,26)(H,25,27). The van der Waals surface area contributed by atoms with E-state index in [2.05, 4.69) is 15.6 Å². The summed E-state index contributed by atoms with van der Waals surface area (Å²) in [6.07, 6.45) is -1.69. The molecule has 0 aliphatic carbocycles. The van der Waals surface area contributed by atoms with Gasteiger partial charge in [0.2, 0.25) is 0 Å². The largest absolute Gasteiger partial charge is 0.459 e. The first kappa shape index (κ1) is 20.5. The molecule has 1 aromatic carbocycles. The number of carbonyl (C=O) groups is 2. The van der Waals surface area contributed by atoms with Crippen molar-refractivity contribution in [2.75, 3.05) is 16.4 Å². The van der Waals surface area contributed by atoms with E-state index >= 15 is 0 Å². The number of pyridine rings is 1. The lowest BCUT2D eigenvalue weighted by molar-refractivity contribution is -0.105. The number of alkyl halides is 3. The predicted molar refractivity (Wildman–Crippen MR) is 102 cm³/mol. The average Bonchev–Trinajstić information content (AvgIpc) is 3.21. The fourth-order valence-electron chi connectivity index (χ4n) is 2.30. The molecule has 2 aromatic heterocycles. The molecule has 2 heterocycles. The van der Waals surface area contributed by atoms with Gasteiger partial charge in [0.15, 0.2) is 5.76 Å². The molecule has 0 saturated carbocycles. The van der Waals surface area contributed by atoms with Gasteiger partial charge < -0.3 is 15.1 Å². The predicted octanol–water partition coefficient (Wildman–Crippen LogP) is 4.83. The van der Waals surface area contributed by atoms with Gasteiger partial charge in [-0.3, -0.25) is 9.59 Å². The van der Waals surface area contributed by atoms with Crippen LogP contribution in [0.5, 0.6) is 0 Å². The first-order chi connectivity index (χ1) is 13.8. The van der Waals surface area contributed by atoms with Crippen LogP contribution in [0, 0.1) is 0 Å². The molecule has 29 heavy (non-hydrogen) atoms. The summed E-state index contributed by atoms with van der Waals surface area (Å²) in [4.78, 5) is 28.4. The first-order valence-corrected chi connectivity index (χ1v) is 9.21. The second-order valence-corrected chi connectivity index (χ2v) is 6.69. The van der Waals surface area contributed by atoms with E-state index in [0.717, 1.165) is 0 Å². The third kappa shape index (κ3) is 5.85. The molecular formula is C19H14F3N3O3S. The molecule has 0 unspecified atom stereocenters. The van der Waals surface area contributed by atoms with Gasteiger partial charge in [-0.25, -0.2) is 4.98 Å². The molecule has 0 atom stereocenters. The molecule has 3 rings (SSSR count). The number of benzene rings is 1. The van der Waals surface area contributed by atoms with E-state index in [1.54, 1.807) is 24.3 Å². The maximum absolute atomic E-state index is 12.5. The lowest BCUT2D eigenvalue weighted by atomic mass is 10.2. The highest BCUT2D eigenvalue weighted by Gasteiger charge is 2.28. The number of carbonyl (C=O) groups excluding carboxylic acids is 2. The van der Waals surface area contributed by atoms with Crippen LogP contribution in [0.3, 0.4) is 0 Å². The minimum Gasteiger partial charge on any atom is -0.459 e. The van der Waals surface area contributed by atoms with Crippen molar-refractivity contribution in [3.8, 4) is 0 Å². The Morgan fingerprint density at radius 1 is 1.00 bits per heavy atom. The molecule has 3 aromatic rings. The number of nitrogens with zero attached hydrogens (tertiary/aromatic N) is 1. The molecule has 0 radical (unpaired) electrons. The lowest BCUT2D eigenvalue weighted by Gasteiger charge is -2.11. The van der Waals surface area contributed by atoms with Crippen molar-refractivity contribution < 1.29 is 27.2 Å². The van der Waals surface area contributed by atoms with Crippen LogP contribution >= 0.6 is 11.8 Å². The van der Waals surface area contributed by atoms with Crippen molar-refractivity contribution in [3.63, 3.8) is 0 Å². The van der Waals surface area contributed by atoms with E-state index in [1.165, 1.54) is 36.7 Å². The summed E-state index contributed by atoms with van der Waals surface area (Å²) >= 11 is 0.439. The molecule has 0 aliphatic heterocycles. The quantitative estimate of drug-likeness (QED) is 0.557. The van der Waals surface area contributed by atoms with Gasteiger partial charge in [0.05, 0.1) is 17.6 Å². The van der Waals surface area contributed by atoms with Crippen molar-refractivity contribution in [3.05, 3.63) is 72.3 Å². The third-order valence-corrected chi connectivity index (χ3v) is 4.58. The van der Waals surface area contributed by atoms with E-state index in [0.29, 0.717) is 23.1 Å². The van der Waals surface area contributed by atoms with Crippen molar-refractivity contribution >= 4 is 35.0 Å². The topological polar surface area (TPSA) is 84.2 Å². The van der Waals surface area contributed by atoms with Crippen molar-refractivity contribution in [1.82, 2.24) is 4.98 Å². The molecule has 2 N–H and O–H groups in total. The fraction of sp³-hybridized carbons (Fsp3) is 0.105. The van der Waals surface area contributed by atoms with E-state index in [4.69, 9.17) is 4.42 Å². The molecular weight excluding hydrogens is 407 g/mol. The zero-order valence-corrected chi connectivity index (χ0v) is 15.5. The number of nitrogens with one attached hydrogen (secondary N) is 2. The smallest absolute Gasteiger partial charge is 0.398 e. The summed E-state index contributed by atoms with van der Waals surface area (Å²) in [5.74, 6) is -2.10. The Kier molecular flexibility index (Phi) is 6.23. The Morgan fingerprint density at radius 3 is 2.38 bits per heavy atom. The summed E-state index contributed by atoms with van der Waals surface area (Å²) < 4.78 is 42.5. The van der Waals surface area contributed by atoms with Crippen molar-refractivity contribution in [2.45, 2.75) is 11.2 Å². The Bertz CT molecular complexity index is 1010. The number of thioether (sulfide) groups is 1. The van der Waals surface area contributed by atoms with Crippen LogP contribution in [0.15, 0.2) is 70.4 Å². The fourth-order valence-corrected chi connectivity index (χ4v) is 3.05. The zero-order chi connectivity index (χ0) is 20.9. The number of halogens is 3. The zero-order valence-electron chi connectivity index (χ0n) is 14.7. The Hall–Kier alpha value is -3.27. The van der Waals surface area contributed by atoms with Crippen LogP contribution in [0.1, 0.15) is 20.9 Å². The molecule has 0 saturated heterocycles. The van der Waals surface area contributed by atoms with Gasteiger partial charge in [-0.1, -0.05) is 17.8 Å². The maximum Gasteiger partial charge on any atom is 0.398 e. The van der Waals surface area contributed by atoms with Crippen LogP contribution in [-0.4, -0.2) is 28.7 Å². The van der Waals surface area contributed by atoms with Gasteiger partial charge in [-0.2, -0.15) is 13.2 Å². The highest BCUT2D eigenvalue weighted by atomic mass is 32.2. The van der Waals surface area contributed by atoms with E-state index in [-0.39, 0.29) is 16.3 Å². The maximum atomic E-state index is 12.5. The van der Waals surface area contributed by atoms with Gasteiger partial charge >= 0.3 is 6.18 Å². The van der Waals surface area contributed by atoms with Crippen LogP contribution in [0.2, 0.25) is 0 Å². The van der Waals surface area contributed by atoms with Crippen LogP contribution in [0.25, 0.3) is 0 Å². The lowest BCUT2D eigenvalue weighted by Crippen LogP contribution is -2.16. The highest BCUT2D eigenvalue weighted by molar-refractivity contribution is 7.99. The first-order valence-electron chi connectivity index (χ1n) is 8.23. The molecule has 2 amide bonds. The number of rotatable bonds is 6. The van der Waals surface area contributed by atoms with Gasteiger partial charge in [0.1, 0.15) is 5.03 Å². The molecule has 10 heteroatoms. The summed E-state index contributed by atoms with van der Waals surface area (Å²) in [5.41, 5.74) is 0.775. The number of anilines is 2. The van der Waals surface area contributed by atoms with Crippen LogP contribution in [-0.2, 0) is 0 Å². The molecule has 0 bridgehead atoms. The normalized spacial score (nSPS) is 11.1. The molecule has 0 spiro atoms.